The van der Waals surface area contributed by atoms with Gasteiger partial charge in [-0.1, -0.05) is 17.7 Å². The van der Waals surface area contributed by atoms with Crippen LogP contribution in [0.15, 0.2) is 24.3 Å². The number of benzene rings is 1. The molecule has 92 valence electrons. The number of nitrogens with one attached hydrogen (secondary N) is 1. The maximum atomic E-state index is 8.89. The molecule has 17 heavy (non-hydrogen) atoms. The number of aryl methyl sites for hydroxylation is 1. The van der Waals surface area contributed by atoms with Crippen molar-refractivity contribution in [3.63, 3.8) is 0 Å². The van der Waals surface area contributed by atoms with Crippen LogP contribution in [0.5, 0.6) is 0 Å². The van der Waals surface area contributed by atoms with Gasteiger partial charge >= 0.3 is 0 Å². The largest absolute Gasteiger partial charge is 0.372 e. The van der Waals surface area contributed by atoms with Gasteiger partial charge in [0.2, 0.25) is 0 Å². The minimum atomic E-state index is -0.0606. The molecule has 0 spiro atoms. The van der Waals surface area contributed by atoms with Crippen LogP contribution in [-0.4, -0.2) is 26.2 Å². The molecule has 0 fully saturated rings. The van der Waals surface area contributed by atoms with Gasteiger partial charge in [0, 0.05) is 18.8 Å². The SMILES string of the molecule is CCN(CCC(C#N)NC)c1ccc(C)cc1. The first-order chi connectivity index (χ1) is 8.21. The minimum absolute atomic E-state index is 0.0606. The summed E-state index contributed by atoms with van der Waals surface area (Å²) < 4.78 is 0. The first-order valence-corrected chi connectivity index (χ1v) is 6.09. The van der Waals surface area contributed by atoms with E-state index in [0.29, 0.717) is 0 Å². The van der Waals surface area contributed by atoms with E-state index < -0.39 is 0 Å². The predicted octanol–water partition coefficient (Wildman–Crippen LogP) is 2.32. The summed E-state index contributed by atoms with van der Waals surface area (Å²) in [4.78, 5) is 2.29. The third-order valence-electron chi connectivity index (χ3n) is 2.97. The van der Waals surface area contributed by atoms with Crippen LogP contribution in [0.4, 0.5) is 5.69 Å². The van der Waals surface area contributed by atoms with Crippen molar-refractivity contribution in [2.75, 3.05) is 25.0 Å². The van der Waals surface area contributed by atoms with Gasteiger partial charge in [-0.15, -0.1) is 0 Å². The number of nitriles is 1. The standard InChI is InChI=1S/C14H21N3/c1-4-17(10-9-13(11-15)16-3)14-7-5-12(2)6-8-14/h5-8,13,16H,4,9-10H2,1-3H3. The summed E-state index contributed by atoms with van der Waals surface area (Å²) in [5, 5.41) is 11.9. The van der Waals surface area contributed by atoms with Gasteiger partial charge in [0.25, 0.3) is 0 Å². The van der Waals surface area contributed by atoms with Crippen LogP contribution in [0.2, 0.25) is 0 Å². The molecule has 0 bridgehead atoms. The van der Waals surface area contributed by atoms with Crippen molar-refractivity contribution in [2.24, 2.45) is 0 Å². The van der Waals surface area contributed by atoms with E-state index in [9.17, 15) is 0 Å². The van der Waals surface area contributed by atoms with E-state index in [-0.39, 0.29) is 6.04 Å². The zero-order chi connectivity index (χ0) is 12.7. The Morgan fingerprint density at radius 1 is 1.35 bits per heavy atom. The van der Waals surface area contributed by atoms with Crippen LogP contribution in [0.1, 0.15) is 18.9 Å². The Morgan fingerprint density at radius 2 is 2.00 bits per heavy atom. The zero-order valence-corrected chi connectivity index (χ0v) is 10.9. The Hall–Kier alpha value is -1.53. The summed E-state index contributed by atoms with van der Waals surface area (Å²) in [7, 11) is 1.83. The molecule has 0 aromatic heterocycles. The highest BCUT2D eigenvalue weighted by Gasteiger charge is 2.08. The molecule has 1 aromatic rings. The van der Waals surface area contributed by atoms with E-state index >= 15 is 0 Å². The van der Waals surface area contributed by atoms with Crippen molar-refractivity contribution < 1.29 is 0 Å². The van der Waals surface area contributed by atoms with E-state index in [0.717, 1.165) is 19.5 Å². The summed E-state index contributed by atoms with van der Waals surface area (Å²) in [6.07, 6.45) is 0.842. The van der Waals surface area contributed by atoms with E-state index in [4.69, 9.17) is 5.26 Å². The van der Waals surface area contributed by atoms with Gasteiger partial charge in [-0.25, -0.2) is 0 Å². The Balaban J connectivity index is 2.60. The average molecular weight is 231 g/mol. The molecule has 3 nitrogen and oxygen atoms in total. The third-order valence-corrected chi connectivity index (χ3v) is 2.97. The van der Waals surface area contributed by atoms with Crippen molar-refractivity contribution in [1.82, 2.24) is 5.32 Å². The van der Waals surface area contributed by atoms with Crippen LogP contribution in [0, 0.1) is 18.3 Å². The Bertz CT molecular complexity index is 364. The summed E-state index contributed by atoms with van der Waals surface area (Å²) in [6, 6.07) is 10.7. The lowest BCUT2D eigenvalue weighted by Crippen LogP contribution is -2.31. The maximum absolute atomic E-state index is 8.89. The third kappa shape index (κ3) is 4.08. The van der Waals surface area contributed by atoms with Gasteiger partial charge in [-0.3, -0.25) is 0 Å². The second-order valence-electron chi connectivity index (χ2n) is 4.17. The van der Waals surface area contributed by atoms with Crippen LogP contribution in [0.25, 0.3) is 0 Å². The van der Waals surface area contributed by atoms with E-state index in [1.54, 1.807) is 0 Å². The lowest BCUT2D eigenvalue weighted by Gasteiger charge is -2.24. The average Bonchev–Trinajstić information content (AvgIpc) is 2.36. The second-order valence-corrected chi connectivity index (χ2v) is 4.17. The molecule has 1 atom stereocenters. The lowest BCUT2D eigenvalue weighted by molar-refractivity contribution is 0.611. The molecule has 0 heterocycles. The Kier molecular flexibility index (Phi) is 5.51. The number of nitrogens with zero attached hydrogens (tertiary/aromatic N) is 2. The predicted molar refractivity (Wildman–Crippen MR) is 72.1 cm³/mol. The number of hydrogen-bond acceptors (Lipinski definition) is 3. The van der Waals surface area contributed by atoms with Gasteiger partial charge in [-0.2, -0.15) is 5.26 Å². The van der Waals surface area contributed by atoms with Crippen LogP contribution >= 0.6 is 0 Å². The molecular formula is C14H21N3. The highest BCUT2D eigenvalue weighted by molar-refractivity contribution is 5.47. The second kappa shape index (κ2) is 6.93. The molecule has 0 aliphatic heterocycles. The van der Waals surface area contributed by atoms with Gasteiger partial charge in [0.05, 0.1) is 12.1 Å². The van der Waals surface area contributed by atoms with Crippen LogP contribution in [-0.2, 0) is 0 Å². The minimum Gasteiger partial charge on any atom is -0.372 e. The molecule has 0 saturated heterocycles. The van der Waals surface area contributed by atoms with Gasteiger partial charge in [0.15, 0.2) is 0 Å². The van der Waals surface area contributed by atoms with Crippen molar-refractivity contribution in [1.29, 1.82) is 5.26 Å². The molecule has 0 aliphatic carbocycles. The lowest BCUT2D eigenvalue weighted by atomic mass is 10.2. The van der Waals surface area contributed by atoms with Crippen molar-refractivity contribution in [3.05, 3.63) is 29.8 Å². The van der Waals surface area contributed by atoms with Crippen molar-refractivity contribution >= 4 is 5.69 Å². The molecule has 1 aromatic carbocycles. The smallest absolute Gasteiger partial charge is 0.0967 e. The molecule has 1 unspecified atom stereocenters. The summed E-state index contributed by atoms with van der Waals surface area (Å²) in [5.41, 5.74) is 2.50. The van der Waals surface area contributed by atoms with Gasteiger partial charge in [0.1, 0.15) is 0 Å². The summed E-state index contributed by atoms with van der Waals surface area (Å²) in [5.74, 6) is 0. The highest BCUT2D eigenvalue weighted by Crippen LogP contribution is 2.15. The van der Waals surface area contributed by atoms with Crippen molar-refractivity contribution in [3.8, 4) is 6.07 Å². The molecule has 0 aliphatic rings. The quantitative estimate of drug-likeness (QED) is 0.816. The highest BCUT2D eigenvalue weighted by atomic mass is 15.1. The fourth-order valence-electron chi connectivity index (χ4n) is 1.78. The topological polar surface area (TPSA) is 39.1 Å². The van der Waals surface area contributed by atoms with Crippen molar-refractivity contribution in [2.45, 2.75) is 26.3 Å². The zero-order valence-electron chi connectivity index (χ0n) is 10.9. The van der Waals surface area contributed by atoms with Gasteiger partial charge in [-0.05, 0) is 39.4 Å². The number of hydrogen-bond donors (Lipinski definition) is 1. The summed E-state index contributed by atoms with van der Waals surface area (Å²) in [6.45, 7) is 6.09. The van der Waals surface area contributed by atoms with E-state index in [1.807, 2.05) is 7.05 Å². The maximum Gasteiger partial charge on any atom is 0.0967 e. The molecule has 1 rings (SSSR count). The van der Waals surface area contributed by atoms with Crippen LogP contribution in [0.3, 0.4) is 0 Å². The molecule has 0 radical (unpaired) electrons. The van der Waals surface area contributed by atoms with Gasteiger partial charge < -0.3 is 10.2 Å². The number of rotatable bonds is 6. The van der Waals surface area contributed by atoms with E-state index in [1.165, 1.54) is 11.3 Å². The normalized spacial score (nSPS) is 11.9. The molecular weight excluding hydrogens is 210 g/mol. The number of anilines is 1. The Morgan fingerprint density at radius 3 is 2.47 bits per heavy atom. The fourth-order valence-corrected chi connectivity index (χ4v) is 1.78. The molecule has 0 amide bonds. The molecule has 3 heteroatoms. The van der Waals surface area contributed by atoms with E-state index in [2.05, 4.69) is 54.4 Å². The van der Waals surface area contributed by atoms with Crippen LogP contribution < -0.4 is 10.2 Å². The Labute approximate surface area is 104 Å². The first-order valence-electron chi connectivity index (χ1n) is 6.09. The molecule has 1 N–H and O–H groups in total. The molecule has 0 saturated carbocycles. The summed E-state index contributed by atoms with van der Waals surface area (Å²) >= 11 is 0. The fraction of sp³-hybridized carbons (Fsp3) is 0.500. The first kappa shape index (κ1) is 13.5. The monoisotopic (exact) mass is 231 g/mol.